The highest BCUT2D eigenvalue weighted by Gasteiger charge is 2.34. The zero-order valence-corrected chi connectivity index (χ0v) is 7.18. The van der Waals surface area contributed by atoms with Crippen LogP contribution in [0, 0.1) is 0 Å². The molecule has 13 heavy (non-hydrogen) atoms. The predicted molar refractivity (Wildman–Crippen MR) is 46.1 cm³/mol. The van der Waals surface area contributed by atoms with E-state index >= 15 is 0 Å². The number of aromatic nitrogens is 1. The molecule has 1 saturated heterocycles. The number of H-pyrrole nitrogens is 1. The van der Waals surface area contributed by atoms with Crippen LogP contribution in [0.4, 0.5) is 0 Å². The van der Waals surface area contributed by atoms with Gasteiger partial charge in [-0.05, 0) is 12.1 Å². The van der Waals surface area contributed by atoms with Gasteiger partial charge in [-0.15, -0.1) is 0 Å². The number of ether oxygens (including phenoxy) is 1. The van der Waals surface area contributed by atoms with Crippen molar-refractivity contribution in [3.05, 3.63) is 24.0 Å². The standard InChI is InChI=1S/C9H13NO3/c11-5-9-7(12)4-8(13-9)6-2-1-3-10-6/h1-3,7-12H,4-5H2. The first-order valence-electron chi connectivity index (χ1n) is 4.39. The molecule has 1 aliphatic rings. The zero-order valence-electron chi connectivity index (χ0n) is 7.18. The Morgan fingerprint density at radius 3 is 3.00 bits per heavy atom. The third-order valence-electron chi connectivity index (χ3n) is 2.37. The van der Waals surface area contributed by atoms with Gasteiger partial charge in [0.25, 0.3) is 0 Å². The maximum Gasteiger partial charge on any atom is 0.107 e. The average Bonchev–Trinajstić information content (AvgIpc) is 2.71. The summed E-state index contributed by atoms with van der Waals surface area (Å²) >= 11 is 0. The summed E-state index contributed by atoms with van der Waals surface area (Å²) in [5, 5.41) is 18.3. The van der Waals surface area contributed by atoms with Crippen molar-refractivity contribution in [1.82, 2.24) is 4.98 Å². The lowest BCUT2D eigenvalue weighted by molar-refractivity contribution is -0.0234. The Labute approximate surface area is 76.2 Å². The number of hydrogen-bond acceptors (Lipinski definition) is 3. The summed E-state index contributed by atoms with van der Waals surface area (Å²) < 4.78 is 5.44. The van der Waals surface area contributed by atoms with E-state index < -0.39 is 12.2 Å². The highest BCUT2D eigenvalue weighted by molar-refractivity contribution is 5.09. The van der Waals surface area contributed by atoms with Crippen LogP contribution in [-0.4, -0.2) is 34.0 Å². The number of aliphatic hydroxyl groups excluding tert-OH is 2. The Balaban J connectivity index is 2.05. The summed E-state index contributed by atoms with van der Waals surface area (Å²) in [4.78, 5) is 3.03. The van der Waals surface area contributed by atoms with E-state index in [-0.39, 0.29) is 12.7 Å². The van der Waals surface area contributed by atoms with Gasteiger partial charge in [0.1, 0.15) is 12.2 Å². The van der Waals surface area contributed by atoms with Crippen molar-refractivity contribution in [3.63, 3.8) is 0 Å². The smallest absolute Gasteiger partial charge is 0.107 e. The number of rotatable bonds is 2. The summed E-state index contributed by atoms with van der Waals surface area (Å²) in [5.74, 6) is 0. The fraction of sp³-hybridized carbons (Fsp3) is 0.556. The molecule has 1 fully saturated rings. The Morgan fingerprint density at radius 1 is 1.62 bits per heavy atom. The predicted octanol–water partition coefficient (Wildman–Crippen LogP) is 0.198. The molecule has 2 rings (SSSR count). The second-order valence-corrected chi connectivity index (χ2v) is 3.27. The quantitative estimate of drug-likeness (QED) is 0.613. The molecular weight excluding hydrogens is 170 g/mol. The molecule has 1 aliphatic heterocycles. The molecule has 0 amide bonds. The van der Waals surface area contributed by atoms with Crippen LogP contribution in [-0.2, 0) is 4.74 Å². The maximum absolute atomic E-state index is 9.46. The van der Waals surface area contributed by atoms with Crippen LogP contribution in [0.25, 0.3) is 0 Å². The summed E-state index contributed by atoms with van der Waals surface area (Å²) in [5.41, 5.74) is 0.954. The van der Waals surface area contributed by atoms with Crippen LogP contribution < -0.4 is 0 Å². The second-order valence-electron chi connectivity index (χ2n) is 3.27. The second kappa shape index (κ2) is 3.49. The summed E-state index contributed by atoms with van der Waals surface area (Å²) in [6, 6.07) is 3.80. The Kier molecular flexibility index (Phi) is 2.35. The van der Waals surface area contributed by atoms with E-state index in [2.05, 4.69) is 4.98 Å². The molecule has 3 N–H and O–H groups in total. The van der Waals surface area contributed by atoms with Crippen LogP contribution in [0.5, 0.6) is 0 Å². The van der Waals surface area contributed by atoms with E-state index in [1.165, 1.54) is 0 Å². The molecule has 0 aromatic carbocycles. The van der Waals surface area contributed by atoms with Gasteiger partial charge in [-0.2, -0.15) is 0 Å². The Bertz CT molecular complexity index is 260. The minimum absolute atomic E-state index is 0.109. The van der Waals surface area contributed by atoms with Gasteiger partial charge in [0.05, 0.1) is 12.7 Å². The van der Waals surface area contributed by atoms with Crippen LogP contribution in [0.3, 0.4) is 0 Å². The van der Waals surface area contributed by atoms with Gasteiger partial charge in [0.2, 0.25) is 0 Å². The fourth-order valence-electron chi connectivity index (χ4n) is 1.64. The van der Waals surface area contributed by atoms with Crippen molar-refractivity contribution >= 4 is 0 Å². The van der Waals surface area contributed by atoms with Gasteiger partial charge < -0.3 is 19.9 Å². The highest BCUT2D eigenvalue weighted by atomic mass is 16.5. The van der Waals surface area contributed by atoms with E-state index in [0.29, 0.717) is 6.42 Å². The van der Waals surface area contributed by atoms with Gasteiger partial charge in [-0.3, -0.25) is 0 Å². The fourth-order valence-corrected chi connectivity index (χ4v) is 1.64. The molecule has 1 aromatic rings. The summed E-state index contributed by atoms with van der Waals surface area (Å²) in [7, 11) is 0. The van der Waals surface area contributed by atoms with Crippen molar-refractivity contribution in [2.24, 2.45) is 0 Å². The lowest BCUT2D eigenvalue weighted by atomic mass is 10.1. The van der Waals surface area contributed by atoms with E-state index in [1.807, 2.05) is 18.3 Å². The first-order valence-corrected chi connectivity index (χ1v) is 4.39. The molecule has 0 bridgehead atoms. The molecule has 4 heteroatoms. The van der Waals surface area contributed by atoms with Crippen molar-refractivity contribution in [1.29, 1.82) is 0 Å². The number of aliphatic hydroxyl groups is 2. The van der Waals surface area contributed by atoms with Crippen LogP contribution in [0.2, 0.25) is 0 Å². The van der Waals surface area contributed by atoms with Gasteiger partial charge in [0.15, 0.2) is 0 Å². The number of nitrogens with one attached hydrogen (secondary N) is 1. The van der Waals surface area contributed by atoms with E-state index in [4.69, 9.17) is 9.84 Å². The summed E-state index contributed by atoms with van der Waals surface area (Å²) in [6.45, 7) is -0.127. The van der Waals surface area contributed by atoms with Crippen LogP contribution in [0.15, 0.2) is 18.3 Å². The third-order valence-corrected chi connectivity index (χ3v) is 2.37. The Hall–Kier alpha value is -0.840. The average molecular weight is 183 g/mol. The zero-order chi connectivity index (χ0) is 9.26. The number of hydrogen-bond donors (Lipinski definition) is 3. The molecule has 3 atom stereocenters. The van der Waals surface area contributed by atoms with Gasteiger partial charge in [-0.25, -0.2) is 0 Å². The third kappa shape index (κ3) is 1.60. The van der Waals surface area contributed by atoms with Crippen LogP contribution in [0.1, 0.15) is 18.2 Å². The largest absolute Gasteiger partial charge is 0.394 e. The molecule has 1 aromatic heterocycles. The molecule has 72 valence electrons. The minimum atomic E-state index is -0.557. The molecule has 0 saturated carbocycles. The minimum Gasteiger partial charge on any atom is -0.394 e. The lowest BCUT2D eigenvalue weighted by Crippen LogP contribution is -2.24. The first-order chi connectivity index (χ1) is 6.31. The molecular formula is C9H13NO3. The normalized spacial score (nSPS) is 33.8. The molecule has 0 aliphatic carbocycles. The molecule has 0 spiro atoms. The molecule has 4 nitrogen and oxygen atoms in total. The highest BCUT2D eigenvalue weighted by Crippen LogP contribution is 2.31. The van der Waals surface area contributed by atoms with Crippen LogP contribution >= 0.6 is 0 Å². The van der Waals surface area contributed by atoms with Crippen molar-refractivity contribution in [2.45, 2.75) is 24.7 Å². The van der Waals surface area contributed by atoms with E-state index in [0.717, 1.165) is 5.69 Å². The Morgan fingerprint density at radius 2 is 2.46 bits per heavy atom. The maximum atomic E-state index is 9.46. The lowest BCUT2D eigenvalue weighted by Gasteiger charge is -2.10. The summed E-state index contributed by atoms with van der Waals surface area (Å²) in [6.07, 6.45) is 1.26. The monoisotopic (exact) mass is 183 g/mol. The molecule has 0 radical (unpaired) electrons. The van der Waals surface area contributed by atoms with Gasteiger partial charge >= 0.3 is 0 Å². The van der Waals surface area contributed by atoms with Gasteiger partial charge in [-0.1, -0.05) is 0 Å². The SMILES string of the molecule is OCC1OC(c2ccc[nH]2)CC1O. The first kappa shape index (κ1) is 8.74. The van der Waals surface area contributed by atoms with Crippen molar-refractivity contribution in [2.75, 3.05) is 6.61 Å². The van der Waals surface area contributed by atoms with E-state index in [1.54, 1.807) is 0 Å². The topological polar surface area (TPSA) is 65.5 Å². The van der Waals surface area contributed by atoms with Crippen molar-refractivity contribution < 1.29 is 14.9 Å². The van der Waals surface area contributed by atoms with Gasteiger partial charge in [0, 0.05) is 18.3 Å². The molecule has 2 heterocycles. The number of aromatic amines is 1. The van der Waals surface area contributed by atoms with E-state index in [9.17, 15) is 5.11 Å². The van der Waals surface area contributed by atoms with Crippen molar-refractivity contribution in [3.8, 4) is 0 Å². The molecule has 3 unspecified atom stereocenters.